The smallest absolute Gasteiger partial charge is 0.270 e. The summed E-state index contributed by atoms with van der Waals surface area (Å²) < 4.78 is 33.2. The normalized spacial score (nSPS) is 20.6. The minimum absolute atomic E-state index is 0.122. The number of hydrogen-bond acceptors (Lipinski definition) is 7. The lowest BCUT2D eigenvalue weighted by Crippen LogP contribution is -2.45. The Bertz CT molecular complexity index is 1050. The topological polar surface area (TPSA) is 83.5 Å². The molecule has 1 aliphatic carbocycles. The average Bonchev–Trinajstić information content (AvgIpc) is 3.49. The molecule has 6 nitrogen and oxygen atoms in total. The number of carbonyl (C=O) groups is 1. The zero-order valence-electron chi connectivity index (χ0n) is 18.8. The maximum absolute atomic E-state index is 13.0. The summed E-state index contributed by atoms with van der Waals surface area (Å²) in [5, 5.41) is 18.8. The highest BCUT2D eigenvalue weighted by atomic mass is 32.1. The molecule has 184 valence electrons. The summed E-state index contributed by atoms with van der Waals surface area (Å²) in [5.41, 5.74) is -0.275. The number of benzene rings is 1. The van der Waals surface area contributed by atoms with E-state index in [0.29, 0.717) is 49.6 Å². The van der Waals surface area contributed by atoms with Crippen LogP contribution >= 0.6 is 22.7 Å². The molecule has 0 spiro atoms. The van der Waals surface area contributed by atoms with Gasteiger partial charge in [-0.2, -0.15) is 0 Å². The van der Waals surface area contributed by atoms with Gasteiger partial charge >= 0.3 is 0 Å². The number of hydrogen-bond donors (Lipinski definition) is 3. The number of thiazole rings is 1. The lowest BCUT2D eigenvalue weighted by Gasteiger charge is -2.40. The van der Waals surface area contributed by atoms with E-state index < -0.39 is 17.9 Å². The van der Waals surface area contributed by atoms with Gasteiger partial charge in [0.15, 0.2) is 5.13 Å². The van der Waals surface area contributed by atoms with Crippen LogP contribution in [0.4, 0.5) is 13.9 Å². The van der Waals surface area contributed by atoms with Gasteiger partial charge < -0.3 is 20.5 Å². The fourth-order valence-electron chi connectivity index (χ4n) is 4.30. The number of alkyl halides is 2. The maximum atomic E-state index is 13.0. The Balaban J connectivity index is 1.27. The van der Waals surface area contributed by atoms with Crippen molar-refractivity contribution in [1.29, 1.82) is 0 Å². The molecule has 1 amide bonds. The Kier molecular flexibility index (Phi) is 8.46. The van der Waals surface area contributed by atoms with Crippen LogP contribution < -0.4 is 10.6 Å². The number of nitrogens with zero attached hydrogens (tertiary/aromatic N) is 1. The number of halogens is 2. The van der Waals surface area contributed by atoms with Gasteiger partial charge in [-0.1, -0.05) is 18.2 Å². The first-order chi connectivity index (χ1) is 16.5. The molecule has 4 rings (SSSR count). The molecule has 1 fully saturated rings. The second-order valence-corrected chi connectivity index (χ2v) is 10.6. The molecule has 0 aliphatic heterocycles. The number of rotatable bonds is 11. The van der Waals surface area contributed by atoms with Crippen LogP contribution in [0.2, 0.25) is 0 Å². The highest BCUT2D eigenvalue weighted by Gasteiger charge is 2.39. The lowest BCUT2D eigenvalue weighted by atomic mass is 9.78. The molecular weight excluding hydrogens is 480 g/mol. The van der Waals surface area contributed by atoms with Crippen molar-refractivity contribution in [1.82, 2.24) is 10.3 Å². The van der Waals surface area contributed by atoms with E-state index in [9.17, 15) is 13.6 Å². The lowest BCUT2D eigenvalue weighted by molar-refractivity contribution is -0.0909. The molecule has 0 bridgehead atoms. The third kappa shape index (κ3) is 6.29. The molecule has 1 aliphatic rings. The van der Waals surface area contributed by atoms with E-state index in [-0.39, 0.29) is 19.1 Å². The first kappa shape index (κ1) is 25.0. The minimum atomic E-state index is -2.32. The Hall–Kier alpha value is -2.14. The number of anilines is 1. The minimum Gasteiger partial charge on any atom is -0.394 e. The maximum Gasteiger partial charge on any atom is 0.270 e. The molecule has 0 unspecified atom stereocenters. The molecule has 2 heterocycles. The van der Waals surface area contributed by atoms with Crippen molar-refractivity contribution in [3.63, 3.8) is 0 Å². The predicted molar refractivity (Wildman–Crippen MR) is 132 cm³/mol. The number of aliphatic hydroxyl groups excluding tert-OH is 1. The van der Waals surface area contributed by atoms with Crippen LogP contribution in [0.25, 0.3) is 10.1 Å². The van der Waals surface area contributed by atoms with Gasteiger partial charge in [0.25, 0.3) is 5.91 Å². The predicted octanol–water partition coefficient (Wildman–Crippen LogP) is 4.95. The number of nitrogens with one attached hydrogen (secondary N) is 2. The number of aliphatic hydroxyl groups is 1. The first-order valence-electron chi connectivity index (χ1n) is 11.5. The van der Waals surface area contributed by atoms with Crippen molar-refractivity contribution in [3.8, 4) is 0 Å². The Labute approximate surface area is 205 Å². The van der Waals surface area contributed by atoms with E-state index in [1.165, 1.54) is 26.3 Å². The Morgan fingerprint density at radius 2 is 2.09 bits per heavy atom. The summed E-state index contributed by atoms with van der Waals surface area (Å²) >= 11 is 3.05. The molecule has 0 radical (unpaired) electrons. The molecule has 0 atom stereocenters. The second kappa shape index (κ2) is 11.5. The van der Waals surface area contributed by atoms with Crippen molar-refractivity contribution in [2.24, 2.45) is 5.92 Å². The summed E-state index contributed by atoms with van der Waals surface area (Å²) in [6.07, 6.45) is 0.191. The summed E-state index contributed by atoms with van der Waals surface area (Å²) in [7, 11) is 0. The number of amides is 1. The zero-order valence-corrected chi connectivity index (χ0v) is 20.4. The average molecular weight is 510 g/mol. The summed E-state index contributed by atoms with van der Waals surface area (Å²) in [6.45, 7) is 0.953. The van der Waals surface area contributed by atoms with E-state index in [2.05, 4.69) is 33.8 Å². The van der Waals surface area contributed by atoms with Gasteiger partial charge in [0.2, 0.25) is 6.43 Å². The largest absolute Gasteiger partial charge is 0.394 e. The third-order valence-electron chi connectivity index (χ3n) is 6.23. The van der Waals surface area contributed by atoms with Crippen molar-refractivity contribution in [2.75, 3.05) is 31.6 Å². The quantitative estimate of drug-likeness (QED) is 0.341. The van der Waals surface area contributed by atoms with Crippen LogP contribution in [-0.2, 0) is 11.2 Å². The monoisotopic (exact) mass is 509 g/mol. The van der Waals surface area contributed by atoms with Gasteiger partial charge in [0.1, 0.15) is 5.69 Å². The number of aromatic nitrogens is 1. The molecular formula is C24H29F2N3O3S2. The van der Waals surface area contributed by atoms with Gasteiger partial charge in [-0.25, -0.2) is 13.8 Å². The van der Waals surface area contributed by atoms with Crippen LogP contribution in [0, 0.1) is 5.92 Å². The van der Waals surface area contributed by atoms with Crippen LogP contribution in [0.3, 0.4) is 0 Å². The van der Waals surface area contributed by atoms with Crippen LogP contribution in [0.15, 0.2) is 35.7 Å². The standard InChI is InChI=1S/C24H29F2N3O3S2/c25-21(26)16-5-8-24(9-6-16,32-12-11-30)15-28-23-29-19(14-33-23)22(31)27-10-7-18-13-17-3-1-2-4-20(17)34-18/h1-4,13-14,16,21,30H,5-12,15H2,(H,27,31)(H,28,29). The zero-order chi connectivity index (χ0) is 24.0. The van der Waals surface area contributed by atoms with Crippen LogP contribution in [-0.4, -0.2) is 54.3 Å². The molecule has 0 saturated heterocycles. The SMILES string of the molecule is O=C(NCCc1cc2ccccc2s1)c1csc(NCC2(OCCO)CCC(C(F)F)CC2)n1. The number of carbonyl (C=O) groups excluding carboxylic acids is 1. The third-order valence-corrected chi connectivity index (χ3v) is 8.21. The molecule has 34 heavy (non-hydrogen) atoms. The molecule has 3 aromatic rings. The van der Waals surface area contributed by atoms with E-state index in [4.69, 9.17) is 9.84 Å². The highest BCUT2D eigenvalue weighted by Crippen LogP contribution is 2.38. The molecule has 1 aromatic carbocycles. The van der Waals surface area contributed by atoms with Gasteiger partial charge in [-0.15, -0.1) is 22.7 Å². The van der Waals surface area contributed by atoms with Crippen molar-refractivity contribution in [2.45, 2.75) is 44.1 Å². The Morgan fingerprint density at radius 3 is 2.82 bits per heavy atom. The summed E-state index contributed by atoms with van der Waals surface area (Å²) in [6, 6.07) is 10.4. The van der Waals surface area contributed by atoms with Crippen LogP contribution in [0.1, 0.15) is 41.0 Å². The molecule has 10 heteroatoms. The van der Waals surface area contributed by atoms with E-state index in [1.54, 1.807) is 16.7 Å². The highest BCUT2D eigenvalue weighted by molar-refractivity contribution is 7.19. The number of ether oxygens (including phenoxy) is 1. The van der Waals surface area contributed by atoms with Crippen molar-refractivity contribution >= 4 is 43.8 Å². The number of thiophene rings is 1. The van der Waals surface area contributed by atoms with Crippen molar-refractivity contribution in [3.05, 3.63) is 46.3 Å². The van der Waals surface area contributed by atoms with Gasteiger partial charge in [0.05, 0.1) is 18.8 Å². The molecule has 1 saturated carbocycles. The van der Waals surface area contributed by atoms with Gasteiger partial charge in [-0.05, 0) is 49.6 Å². The number of fused-ring (bicyclic) bond motifs is 1. The Morgan fingerprint density at radius 1 is 1.29 bits per heavy atom. The fourth-order valence-corrected chi connectivity index (χ4v) is 6.05. The molecule has 3 N–H and O–H groups in total. The summed E-state index contributed by atoms with van der Waals surface area (Å²) in [4.78, 5) is 18.1. The van der Waals surface area contributed by atoms with Gasteiger partial charge in [-0.3, -0.25) is 4.79 Å². The first-order valence-corrected chi connectivity index (χ1v) is 13.2. The molecule has 2 aromatic heterocycles. The summed E-state index contributed by atoms with van der Waals surface area (Å²) in [5.74, 6) is -0.831. The fraction of sp³-hybridized carbons (Fsp3) is 0.500. The van der Waals surface area contributed by atoms with E-state index in [1.807, 2.05) is 12.1 Å². The van der Waals surface area contributed by atoms with Gasteiger partial charge in [0, 0.05) is 34.0 Å². The van der Waals surface area contributed by atoms with Crippen molar-refractivity contribution < 1.29 is 23.4 Å². The second-order valence-electron chi connectivity index (χ2n) is 8.57. The van der Waals surface area contributed by atoms with E-state index in [0.717, 1.165) is 6.42 Å². The van der Waals surface area contributed by atoms with Crippen LogP contribution in [0.5, 0.6) is 0 Å². The van der Waals surface area contributed by atoms with E-state index >= 15 is 0 Å².